The third-order valence-corrected chi connectivity index (χ3v) is 5.42. The third kappa shape index (κ3) is 4.87. The largest absolute Gasteiger partial charge is 0.497 e. The van der Waals surface area contributed by atoms with Gasteiger partial charge in [-0.25, -0.2) is 0 Å². The number of nitrogens with zero attached hydrogens (tertiary/aromatic N) is 2. The molecule has 2 amide bonds. The number of aryl methyl sites for hydroxylation is 1. The van der Waals surface area contributed by atoms with Gasteiger partial charge in [0.25, 0.3) is 0 Å². The van der Waals surface area contributed by atoms with E-state index in [2.05, 4.69) is 5.32 Å². The molecular formula is C26H25N3O4. The minimum Gasteiger partial charge on any atom is -0.497 e. The van der Waals surface area contributed by atoms with E-state index in [-0.39, 0.29) is 24.8 Å². The maximum absolute atomic E-state index is 13.2. The Morgan fingerprint density at radius 2 is 1.79 bits per heavy atom. The van der Waals surface area contributed by atoms with Crippen molar-refractivity contribution in [2.75, 3.05) is 31.0 Å². The van der Waals surface area contributed by atoms with E-state index in [1.807, 2.05) is 49.4 Å². The summed E-state index contributed by atoms with van der Waals surface area (Å²) in [7, 11) is 3.07. The summed E-state index contributed by atoms with van der Waals surface area (Å²) < 4.78 is 10.6. The molecule has 0 atom stereocenters. The lowest BCUT2D eigenvalue weighted by atomic mass is 10.1. The van der Waals surface area contributed by atoms with Crippen molar-refractivity contribution in [2.24, 2.45) is 4.99 Å². The minimum atomic E-state index is -0.347. The van der Waals surface area contributed by atoms with E-state index in [1.54, 1.807) is 31.4 Å². The van der Waals surface area contributed by atoms with Crippen LogP contribution in [-0.4, -0.2) is 38.3 Å². The molecule has 33 heavy (non-hydrogen) atoms. The average Bonchev–Trinajstić information content (AvgIpc) is 2.96. The van der Waals surface area contributed by atoms with E-state index >= 15 is 0 Å². The molecule has 1 N–H and O–H groups in total. The number of benzene rings is 3. The van der Waals surface area contributed by atoms with Gasteiger partial charge in [-0.3, -0.25) is 14.6 Å². The quantitative estimate of drug-likeness (QED) is 0.608. The second-order valence-corrected chi connectivity index (χ2v) is 7.68. The molecule has 1 heterocycles. The smallest absolute Gasteiger partial charge is 0.244 e. The first-order valence-electron chi connectivity index (χ1n) is 10.5. The number of hydrogen-bond acceptors (Lipinski definition) is 5. The van der Waals surface area contributed by atoms with Crippen LogP contribution in [0.2, 0.25) is 0 Å². The summed E-state index contributed by atoms with van der Waals surface area (Å²) >= 11 is 0. The maximum atomic E-state index is 13.2. The minimum absolute atomic E-state index is 0.0941. The lowest BCUT2D eigenvalue weighted by molar-refractivity contribution is -0.120. The zero-order chi connectivity index (χ0) is 23.4. The zero-order valence-electron chi connectivity index (χ0n) is 18.8. The average molecular weight is 444 g/mol. The Morgan fingerprint density at radius 3 is 2.52 bits per heavy atom. The molecule has 0 fully saturated rings. The van der Waals surface area contributed by atoms with E-state index in [4.69, 9.17) is 14.5 Å². The van der Waals surface area contributed by atoms with Gasteiger partial charge in [-0.1, -0.05) is 42.0 Å². The molecule has 0 spiro atoms. The molecule has 3 aromatic carbocycles. The molecule has 168 valence electrons. The zero-order valence-corrected chi connectivity index (χ0v) is 18.8. The number of rotatable bonds is 6. The second kappa shape index (κ2) is 9.56. The molecule has 0 bridgehead atoms. The normalized spacial score (nSPS) is 13.0. The Balaban J connectivity index is 1.59. The second-order valence-electron chi connectivity index (χ2n) is 7.68. The van der Waals surface area contributed by atoms with Gasteiger partial charge in [0.1, 0.15) is 18.0 Å². The molecule has 0 saturated heterocycles. The van der Waals surface area contributed by atoms with Gasteiger partial charge >= 0.3 is 0 Å². The van der Waals surface area contributed by atoms with Crippen LogP contribution in [0.15, 0.2) is 71.7 Å². The van der Waals surface area contributed by atoms with Crippen molar-refractivity contribution in [1.29, 1.82) is 0 Å². The Hall–Kier alpha value is -4.13. The number of ether oxygens (including phenoxy) is 2. The number of anilines is 2. The summed E-state index contributed by atoms with van der Waals surface area (Å²) in [4.78, 5) is 32.4. The fourth-order valence-electron chi connectivity index (χ4n) is 3.67. The standard InChI is InChI=1S/C26H25N3O4/c1-17-8-10-18(11-9-17)22-15-26(31)29(23-7-5-4-6-20(23)27-22)16-25(30)28-21-13-12-19(32-2)14-24(21)33-3/h4-14H,15-16H2,1-3H3,(H,28,30). The first kappa shape index (κ1) is 22.1. The molecule has 3 aromatic rings. The molecule has 7 heteroatoms. The number of para-hydroxylation sites is 2. The first-order valence-corrected chi connectivity index (χ1v) is 10.5. The monoisotopic (exact) mass is 443 g/mol. The van der Waals surface area contributed by atoms with Crippen LogP contribution in [0.4, 0.5) is 17.1 Å². The van der Waals surface area contributed by atoms with Crippen molar-refractivity contribution in [3.8, 4) is 11.5 Å². The van der Waals surface area contributed by atoms with Gasteiger partial charge in [0, 0.05) is 6.07 Å². The highest BCUT2D eigenvalue weighted by atomic mass is 16.5. The highest BCUT2D eigenvalue weighted by Crippen LogP contribution is 2.33. The number of carbonyl (C=O) groups excluding carboxylic acids is 2. The SMILES string of the molecule is COc1ccc(NC(=O)CN2C(=O)CC(c3ccc(C)cc3)=Nc3ccccc32)c(OC)c1. The van der Waals surface area contributed by atoms with Crippen molar-refractivity contribution >= 4 is 34.6 Å². The summed E-state index contributed by atoms with van der Waals surface area (Å²) in [5.74, 6) is 0.536. The molecule has 4 rings (SSSR count). The number of methoxy groups -OCH3 is 2. The molecule has 1 aliphatic rings. The van der Waals surface area contributed by atoms with Gasteiger partial charge in [-0.15, -0.1) is 0 Å². The van der Waals surface area contributed by atoms with Gasteiger partial charge in [-0.2, -0.15) is 0 Å². The van der Waals surface area contributed by atoms with Crippen molar-refractivity contribution in [1.82, 2.24) is 0 Å². The molecule has 1 aliphatic heterocycles. The van der Waals surface area contributed by atoms with E-state index in [0.29, 0.717) is 34.3 Å². The van der Waals surface area contributed by atoms with E-state index in [9.17, 15) is 9.59 Å². The van der Waals surface area contributed by atoms with E-state index < -0.39 is 0 Å². The Kier molecular flexibility index (Phi) is 6.40. The number of carbonyl (C=O) groups is 2. The van der Waals surface area contributed by atoms with Gasteiger partial charge in [0.2, 0.25) is 11.8 Å². The summed E-state index contributed by atoms with van der Waals surface area (Å²) in [6.45, 7) is 1.86. The van der Waals surface area contributed by atoms with E-state index in [0.717, 1.165) is 11.1 Å². The summed E-state index contributed by atoms with van der Waals surface area (Å²) in [6.07, 6.45) is 0.0941. The predicted octanol–water partition coefficient (Wildman–Crippen LogP) is 4.51. The lowest BCUT2D eigenvalue weighted by Gasteiger charge is -2.22. The van der Waals surface area contributed by atoms with Gasteiger partial charge < -0.3 is 19.7 Å². The fourth-order valence-corrected chi connectivity index (χ4v) is 3.67. The number of nitrogens with one attached hydrogen (secondary N) is 1. The Bertz CT molecular complexity index is 1220. The molecule has 0 aromatic heterocycles. The first-order chi connectivity index (χ1) is 16.0. The highest BCUT2D eigenvalue weighted by Gasteiger charge is 2.27. The molecule has 0 unspecified atom stereocenters. The summed E-state index contributed by atoms with van der Waals surface area (Å²) in [5, 5.41) is 2.83. The molecule has 0 saturated carbocycles. The Labute approximate surface area is 192 Å². The van der Waals surface area contributed by atoms with E-state index in [1.165, 1.54) is 12.0 Å². The van der Waals surface area contributed by atoms with Crippen LogP contribution in [0.25, 0.3) is 0 Å². The van der Waals surface area contributed by atoms with Crippen LogP contribution >= 0.6 is 0 Å². The van der Waals surface area contributed by atoms with Crippen molar-refractivity contribution in [2.45, 2.75) is 13.3 Å². The Morgan fingerprint density at radius 1 is 1.03 bits per heavy atom. The van der Waals surface area contributed by atoms with Gasteiger partial charge in [0.15, 0.2) is 0 Å². The van der Waals surface area contributed by atoms with Crippen LogP contribution in [0, 0.1) is 6.92 Å². The van der Waals surface area contributed by atoms with Crippen molar-refractivity contribution < 1.29 is 19.1 Å². The summed E-state index contributed by atoms with van der Waals surface area (Å²) in [6, 6.07) is 20.4. The number of amides is 2. The highest BCUT2D eigenvalue weighted by molar-refractivity contribution is 6.19. The van der Waals surface area contributed by atoms with Crippen LogP contribution in [-0.2, 0) is 9.59 Å². The number of hydrogen-bond donors (Lipinski definition) is 1. The lowest BCUT2D eigenvalue weighted by Crippen LogP contribution is -2.38. The molecule has 0 radical (unpaired) electrons. The van der Waals surface area contributed by atoms with Crippen molar-refractivity contribution in [3.63, 3.8) is 0 Å². The third-order valence-electron chi connectivity index (χ3n) is 5.42. The topological polar surface area (TPSA) is 80.2 Å². The van der Waals surface area contributed by atoms with Crippen LogP contribution in [0.3, 0.4) is 0 Å². The van der Waals surface area contributed by atoms with Crippen LogP contribution < -0.4 is 19.7 Å². The number of aliphatic imine (C=N–C) groups is 1. The van der Waals surface area contributed by atoms with Crippen LogP contribution in [0.1, 0.15) is 17.5 Å². The van der Waals surface area contributed by atoms with Gasteiger partial charge in [0.05, 0.1) is 43.4 Å². The van der Waals surface area contributed by atoms with Gasteiger partial charge in [-0.05, 0) is 36.8 Å². The summed E-state index contributed by atoms with van der Waals surface area (Å²) in [5.41, 5.74) is 4.43. The maximum Gasteiger partial charge on any atom is 0.244 e. The number of fused-ring (bicyclic) bond motifs is 1. The van der Waals surface area contributed by atoms with Crippen LogP contribution in [0.5, 0.6) is 11.5 Å². The fraction of sp³-hybridized carbons (Fsp3) is 0.192. The molecular weight excluding hydrogens is 418 g/mol. The predicted molar refractivity (Wildman–Crippen MR) is 129 cm³/mol. The van der Waals surface area contributed by atoms with Crippen molar-refractivity contribution in [3.05, 3.63) is 77.9 Å². The molecule has 0 aliphatic carbocycles. The molecule has 7 nitrogen and oxygen atoms in total.